The van der Waals surface area contributed by atoms with Crippen molar-refractivity contribution in [3.63, 3.8) is 0 Å². The highest BCUT2D eigenvalue weighted by atomic mass is 32.2. The number of aromatic nitrogens is 3. The van der Waals surface area contributed by atoms with Crippen LogP contribution in [0.25, 0.3) is 11.4 Å². The summed E-state index contributed by atoms with van der Waals surface area (Å²) in [7, 11) is 1.90. The molecule has 0 N–H and O–H groups in total. The van der Waals surface area contributed by atoms with Crippen LogP contribution in [0.4, 0.5) is 0 Å². The van der Waals surface area contributed by atoms with E-state index in [1.165, 1.54) is 16.6 Å². The molecule has 0 unspecified atom stereocenters. The average molecular weight is 297 g/mol. The fraction of sp³-hybridized carbons (Fsp3) is 0.417. The van der Waals surface area contributed by atoms with Crippen LogP contribution < -0.4 is 0 Å². The van der Waals surface area contributed by atoms with E-state index in [0.29, 0.717) is 11.8 Å². The SMILES string of the molecule is CCOC(=O)CSc1nnc(-c2csc(C)c2)n1C. The van der Waals surface area contributed by atoms with Gasteiger partial charge in [0.1, 0.15) is 0 Å². The van der Waals surface area contributed by atoms with Crippen molar-refractivity contribution in [3.8, 4) is 11.4 Å². The van der Waals surface area contributed by atoms with Gasteiger partial charge in [0.15, 0.2) is 11.0 Å². The molecule has 2 rings (SSSR count). The molecule has 19 heavy (non-hydrogen) atoms. The van der Waals surface area contributed by atoms with Crippen molar-refractivity contribution in [1.82, 2.24) is 14.8 Å². The predicted molar refractivity (Wildman–Crippen MR) is 76.4 cm³/mol. The number of thiophene rings is 1. The van der Waals surface area contributed by atoms with Crippen molar-refractivity contribution in [3.05, 3.63) is 16.3 Å². The molecule has 2 aromatic rings. The molecule has 0 aliphatic heterocycles. The van der Waals surface area contributed by atoms with Crippen molar-refractivity contribution in [2.75, 3.05) is 12.4 Å². The summed E-state index contributed by atoms with van der Waals surface area (Å²) in [6.07, 6.45) is 0. The summed E-state index contributed by atoms with van der Waals surface area (Å²) in [5.41, 5.74) is 1.06. The third-order valence-corrected chi connectivity index (χ3v) is 4.30. The number of hydrogen-bond acceptors (Lipinski definition) is 6. The molecule has 0 aromatic carbocycles. The second-order valence-electron chi connectivity index (χ2n) is 3.90. The lowest BCUT2D eigenvalue weighted by molar-refractivity contribution is -0.139. The van der Waals surface area contributed by atoms with E-state index >= 15 is 0 Å². The van der Waals surface area contributed by atoms with Crippen LogP contribution in [-0.4, -0.2) is 33.1 Å². The second kappa shape index (κ2) is 6.21. The van der Waals surface area contributed by atoms with Crippen molar-refractivity contribution < 1.29 is 9.53 Å². The van der Waals surface area contributed by atoms with Crippen molar-refractivity contribution >= 4 is 29.1 Å². The van der Waals surface area contributed by atoms with Gasteiger partial charge in [-0.1, -0.05) is 11.8 Å². The summed E-state index contributed by atoms with van der Waals surface area (Å²) >= 11 is 3.02. The predicted octanol–water partition coefficient (Wildman–Crippen LogP) is 2.51. The van der Waals surface area contributed by atoms with Crippen molar-refractivity contribution in [2.24, 2.45) is 7.05 Å². The number of carbonyl (C=O) groups excluding carboxylic acids is 1. The molecule has 0 fully saturated rings. The van der Waals surface area contributed by atoms with Gasteiger partial charge < -0.3 is 9.30 Å². The van der Waals surface area contributed by atoms with E-state index in [2.05, 4.69) is 28.6 Å². The molecule has 7 heteroatoms. The lowest BCUT2D eigenvalue weighted by Gasteiger charge is -2.02. The molecular weight excluding hydrogens is 282 g/mol. The number of nitrogens with zero attached hydrogens (tertiary/aromatic N) is 3. The summed E-state index contributed by atoms with van der Waals surface area (Å²) in [4.78, 5) is 12.5. The van der Waals surface area contributed by atoms with E-state index < -0.39 is 0 Å². The van der Waals surface area contributed by atoms with Gasteiger partial charge in [-0.25, -0.2) is 0 Å². The molecule has 5 nitrogen and oxygen atoms in total. The first kappa shape index (κ1) is 14.1. The molecule has 0 saturated carbocycles. The van der Waals surface area contributed by atoms with Gasteiger partial charge in [-0.2, -0.15) is 0 Å². The maximum Gasteiger partial charge on any atom is 0.316 e. The molecule has 0 aliphatic carbocycles. The topological polar surface area (TPSA) is 57.0 Å². The minimum absolute atomic E-state index is 0.233. The lowest BCUT2D eigenvalue weighted by atomic mass is 10.3. The first-order chi connectivity index (χ1) is 9.11. The number of hydrogen-bond donors (Lipinski definition) is 0. The van der Waals surface area contributed by atoms with E-state index in [-0.39, 0.29) is 11.7 Å². The van der Waals surface area contributed by atoms with Crippen LogP contribution in [0.15, 0.2) is 16.6 Å². The van der Waals surface area contributed by atoms with Gasteiger partial charge >= 0.3 is 5.97 Å². The normalized spacial score (nSPS) is 10.7. The molecule has 0 aliphatic rings. The Balaban J connectivity index is 2.08. The Morgan fingerprint density at radius 3 is 2.95 bits per heavy atom. The standard InChI is InChI=1S/C12H15N3O2S2/c1-4-17-10(16)7-19-12-14-13-11(15(12)3)9-5-8(2)18-6-9/h5-6H,4,7H2,1-3H3. The maximum absolute atomic E-state index is 11.3. The molecule has 102 valence electrons. The van der Waals surface area contributed by atoms with E-state index in [0.717, 1.165) is 11.4 Å². The van der Waals surface area contributed by atoms with E-state index in [4.69, 9.17) is 4.74 Å². The van der Waals surface area contributed by atoms with Crippen molar-refractivity contribution in [1.29, 1.82) is 0 Å². The van der Waals surface area contributed by atoms with Gasteiger partial charge in [-0.3, -0.25) is 4.79 Å². The second-order valence-corrected chi connectivity index (χ2v) is 5.96. The zero-order valence-corrected chi connectivity index (χ0v) is 12.7. The minimum Gasteiger partial charge on any atom is -0.465 e. The maximum atomic E-state index is 11.3. The Morgan fingerprint density at radius 2 is 2.32 bits per heavy atom. The summed E-state index contributed by atoms with van der Waals surface area (Å²) in [5, 5.41) is 11.0. The van der Waals surface area contributed by atoms with E-state index in [1.54, 1.807) is 18.3 Å². The lowest BCUT2D eigenvalue weighted by Crippen LogP contribution is -2.07. The summed E-state index contributed by atoms with van der Waals surface area (Å²) in [6, 6.07) is 2.08. The number of esters is 1. The molecule has 2 aromatic heterocycles. The quantitative estimate of drug-likeness (QED) is 0.627. The monoisotopic (exact) mass is 297 g/mol. The number of carbonyl (C=O) groups is 1. The Morgan fingerprint density at radius 1 is 1.53 bits per heavy atom. The smallest absolute Gasteiger partial charge is 0.316 e. The third kappa shape index (κ3) is 3.36. The summed E-state index contributed by atoms with van der Waals surface area (Å²) in [6.45, 7) is 4.25. The molecule has 2 heterocycles. The van der Waals surface area contributed by atoms with Crippen LogP contribution in [0.3, 0.4) is 0 Å². The van der Waals surface area contributed by atoms with Gasteiger partial charge in [0.2, 0.25) is 0 Å². The first-order valence-electron chi connectivity index (χ1n) is 5.85. The molecule has 0 saturated heterocycles. The summed E-state index contributed by atoms with van der Waals surface area (Å²) in [5.74, 6) is 0.835. The molecule has 0 atom stereocenters. The van der Waals surface area contributed by atoms with Gasteiger partial charge in [0.25, 0.3) is 0 Å². The molecule has 0 spiro atoms. The van der Waals surface area contributed by atoms with E-state index in [9.17, 15) is 4.79 Å². The minimum atomic E-state index is -0.233. The fourth-order valence-electron chi connectivity index (χ4n) is 1.58. The van der Waals surface area contributed by atoms with Crippen LogP contribution in [0.1, 0.15) is 11.8 Å². The Kier molecular flexibility index (Phi) is 4.60. The van der Waals surface area contributed by atoms with Gasteiger partial charge in [0, 0.05) is 22.9 Å². The molecule has 0 amide bonds. The Bertz CT molecular complexity index is 577. The Hall–Kier alpha value is -1.34. The van der Waals surface area contributed by atoms with Crippen LogP contribution >= 0.6 is 23.1 Å². The zero-order chi connectivity index (χ0) is 13.8. The number of rotatable bonds is 5. The van der Waals surface area contributed by atoms with Gasteiger partial charge in [0.05, 0.1) is 12.4 Å². The third-order valence-electron chi connectivity index (χ3n) is 2.45. The molecule has 0 bridgehead atoms. The highest BCUT2D eigenvalue weighted by Crippen LogP contribution is 2.26. The number of thioether (sulfide) groups is 1. The number of ether oxygens (including phenoxy) is 1. The first-order valence-corrected chi connectivity index (χ1v) is 7.71. The molecule has 0 radical (unpaired) electrons. The molecular formula is C12H15N3O2S2. The largest absolute Gasteiger partial charge is 0.465 e. The Labute approximate surface area is 120 Å². The zero-order valence-electron chi connectivity index (χ0n) is 11.0. The highest BCUT2D eigenvalue weighted by molar-refractivity contribution is 7.99. The average Bonchev–Trinajstić information content (AvgIpc) is 2.94. The van der Waals surface area contributed by atoms with E-state index in [1.807, 2.05) is 11.6 Å². The van der Waals surface area contributed by atoms with Gasteiger partial charge in [-0.15, -0.1) is 21.5 Å². The summed E-state index contributed by atoms with van der Waals surface area (Å²) < 4.78 is 6.78. The van der Waals surface area contributed by atoms with Gasteiger partial charge in [-0.05, 0) is 19.9 Å². The number of aryl methyl sites for hydroxylation is 1. The van der Waals surface area contributed by atoms with Crippen molar-refractivity contribution in [2.45, 2.75) is 19.0 Å². The van der Waals surface area contributed by atoms with Crippen LogP contribution in [0.5, 0.6) is 0 Å². The van der Waals surface area contributed by atoms with Crippen LogP contribution in [0, 0.1) is 6.92 Å². The highest BCUT2D eigenvalue weighted by Gasteiger charge is 2.13. The van der Waals surface area contributed by atoms with Crippen LogP contribution in [-0.2, 0) is 16.6 Å². The fourth-order valence-corrected chi connectivity index (χ4v) is 2.97. The van der Waals surface area contributed by atoms with Crippen LogP contribution in [0.2, 0.25) is 0 Å².